The molecule has 2 aromatic rings. The minimum Gasteiger partial charge on any atom is -0.496 e. The number of carbonyl (C=O) groups excluding carboxylic acids is 1. The maximum atomic E-state index is 11.8. The number of hydrogen-bond acceptors (Lipinski definition) is 4. The van der Waals surface area contributed by atoms with E-state index in [1.54, 1.807) is 13.2 Å². The van der Waals surface area contributed by atoms with Crippen LogP contribution in [0.2, 0.25) is 5.02 Å². The summed E-state index contributed by atoms with van der Waals surface area (Å²) in [5.74, 6) is 0.833. The highest BCUT2D eigenvalue weighted by atomic mass is 79.9. The molecule has 0 aliphatic rings. The van der Waals surface area contributed by atoms with E-state index >= 15 is 0 Å². The summed E-state index contributed by atoms with van der Waals surface area (Å²) >= 11 is 10.6. The fraction of sp³-hybridized carbons (Fsp3) is 0.286. The maximum absolute atomic E-state index is 11.8. The van der Waals surface area contributed by atoms with E-state index in [4.69, 9.17) is 16.3 Å². The first-order chi connectivity index (χ1) is 9.55. The van der Waals surface area contributed by atoms with Gasteiger partial charge in [0.1, 0.15) is 5.75 Å². The fourth-order valence-electron chi connectivity index (χ4n) is 1.90. The molecule has 0 aliphatic carbocycles. The number of ether oxygens (including phenoxy) is 1. The minimum atomic E-state index is 0.0595. The molecule has 1 heterocycles. The zero-order valence-electron chi connectivity index (χ0n) is 11.1. The van der Waals surface area contributed by atoms with Crippen molar-refractivity contribution in [3.05, 3.63) is 44.4 Å². The number of carbonyl (C=O) groups is 1. The van der Waals surface area contributed by atoms with Gasteiger partial charge in [-0.2, -0.15) is 0 Å². The molecule has 2 rings (SSSR count). The Balaban J connectivity index is 2.31. The summed E-state index contributed by atoms with van der Waals surface area (Å²) in [6.45, 7) is 1.85. The van der Waals surface area contributed by atoms with E-state index in [1.807, 2.05) is 19.1 Å². The molecule has 6 heteroatoms. The molecule has 0 spiro atoms. The van der Waals surface area contributed by atoms with Gasteiger partial charge in [-0.1, -0.05) is 27.5 Å². The monoisotopic (exact) mass is 373 g/mol. The first-order valence-corrected chi connectivity index (χ1v) is 8.24. The van der Waals surface area contributed by atoms with E-state index in [2.05, 4.69) is 20.9 Å². The Morgan fingerprint density at radius 3 is 2.90 bits per heavy atom. The normalized spacial score (nSPS) is 10.6. The van der Waals surface area contributed by atoms with E-state index < -0.39 is 0 Å². The van der Waals surface area contributed by atoms with Crippen molar-refractivity contribution in [1.82, 2.24) is 4.98 Å². The Labute approximate surface area is 135 Å². The molecule has 1 aromatic carbocycles. The van der Waals surface area contributed by atoms with Gasteiger partial charge in [0.05, 0.1) is 28.0 Å². The number of ketones is 1. The van der Waals surface area contributed by atoms with Crippen LogP contribution in [0.1, 0.15) is 25.9 Å². The molecule has 0 aliphatic heterocycles. The molecule has 0 saturated carbocycles. The molecule has 106 valence electrons. The lowest BCUT2D eigenvalue weighted by atomic mass is 10.1. The van der Waals surface area contributed by atoms with Crippen LogP contribution in [-0.4, -0.2) is 23.2 Å². The number of thiazole rings is 1. The van der Waals surface area contributed by atoms with Gasteiger partial charge in [-0.25, -0.2) is 4.98 Å². The van der Waals surface area contributed by atoms with Crippen LogP contribution in [0.15, 0.2) is 18.2 Å². The number of methoxy groups -OCH3 is 1. The summed E-state index contributed by atoms with van der Waals surface area (Å²) in [6, 6.07) is 5.49. The highest BCUT2D eigenvalue weighted by Gasteiger charge is 2.15. The van der Waals surface area contributed by atoms with Crippen molar-refractivity contribution in [2.45, 2.75) is 13.3 Å². The second kappa shape index (κ2) is 6.70. The van der Waals surface area contributed by atoms with Crippen LogP contribution < -0.4 is 4.74 Å². The van der Waals surface area contributed by atoms with Crippen LogP contribution in [0, 0.1) is 6.92 Å². The fourth-order valence-corrected chi connectivity index (χ4v) is 3.58. The van der Waals surface area contributed by atoms with Crippen LogP contribution in [0.3, 0.4) is 0 Å². The third-order valence-corrected chi connectivity index (χ3v) is 4.74. The highest BCUT2D eigenvalue weighted by molar-refractivity contribution is 9.09. The number of rotatable bonds is 5. The van der Waals surface area contributed by atoms with Gasteiger partial charge in [-0.15, -0.1) is 11.3 Å². The molecule has 0 atom stereocenters. The van der Waals surface area contributed by atoms with Gasteiger partial charge in [-0.05, 0) is 25.1 Å². The number of nitrogens with zero attached hydrogens (tertiary/aromatic N) is 1. The van der Waals surface area contributed by atoms with E-state index in [-0.39, 0.29) is 5.78 Å². The summed E-state index contributed by atoms with van der Waals surface area (Å²) in [5.41, 5.74) is 1.74. The zero-order valence-corrected chi connectivity index (χ0v) is 14.2. The lowest BCUT2D eigenvalue weighted by Gasteiger charge is -2.07. The third kappa shape index (κ3) is 3.40. The first kappa shape index (κ1) is 15.5. The molecule has 0 N–H and O–H groups in total. The molecule has 0 saturated heterocycles. The van der Waals surface area contributed by atoms with Gasteiger partial charge in [0.2, 0.25) is 0 Å². The summed E-state index contributed by atoms with van der Waals surface area (Å²) in [5, 5.41) is 1.86. The molecule has 20 heavy (non-hydrogen) atoms. The Morgan fingerprint density at radius 2 is 2.25 bits per heavy atom. The first-order valence-electron chi connectivity index (χ1n) is 5.93. The maximum Gasteiger partial charge on any atom is 0.185 e. The van der Waals surface area contributed by atoms with Crippen molar-refractivity contribution < 1.29 is 9.53 Å². The number of hydrogen-bond donors (Lipinski definition) is 0. The lowest BCUT2D eigenvalue weighted by molar-refractivity contribution is 0.102. The van der Waals surface area contributed by atoms with Gasteiger partial charge in [-0.3, -0.25) is 4.79 Å². The quantitative estimate of drug-likeness (QED) is 0.579. The molecule has 0 fully saturated rings. The molecule has 0 amide bonds. The van der Waals surface area contributed by atoms with E-state index in [0.29, 0.717) is 21.7 Å². The second-order valence-corrected chi connectivity index (χ2v) is 6.29. The molecule has 3 nitrogen and oxygen atoms in total. The zero-order chi connectivity index (χ0) is 14.7. The van der Waals surface area contributed by atoms with Crippen molar-refractivity contribution in [2.24, 2.45) is 0 Å². The van der Waals surface area contributed by atoms with Gasteiger partial charge in [0.15, 0.2) is 5.78 Å². The largest absolute Gasteiger partial charge is 0.496 e. The number of halogens is 2. The number of aromatic nitrogens is 1. The van der Waals surface area contributed by atoms with Crippen molar-refractivity contribution >= 4 is 44.7 Å². The lowest BCUT2D eigenvalue weighted by Crippen LogP contribution is -1.98. The summed E-state index contributed by atoms with van der Waals surface area (Å²) in [7, 11) is 1.62. The minimum absolute atomic E-state index is 0.0595. The predicted octanol–water partition coefficient (Wildman–Crippen LogP) is 4.28. The van der Waals surface area contributed by atoms with E-state index in [9.17, 15) is 4.79 Å². The van der Waals surface area contributed by atoms with Crippen LogP contribution >= 0.6 is 38.9 Å². The molecule has 0 bridgehead atoms. The Bertz CT molecular complexity index is 642. The van der Waals surface area contributed by atoms with E-state index in [0.717, 1.165) is 22.0 Å². The molecule has 1 aromatic heterocycles. The average molecular weight is 375 g/mol. The molecule has 0 unspecified atom stereocenters. The van der Waals surface area contributed by atoms with Crippen LogP contribution in [0.25, 0.3) is 0 Å². The van der Waals surface area contributed by atoms with Gasteiger partial charge < -0.3 is 4.74 Å². The Hall–Kier alpha value is -0.910. The Kier molecular flexibility index (Phi) is 5.18. The van der Waals surface area contributed by atoms with Crippen molar-refractivity contribution in [2.75, 3.05) is 12.4 Å². The topological polar surface area (TPSA) is 39.2 Å². The average Bonchev–Trinajstić information content (AvgIpc) is 2.79. The molecule has 0 radical (unpaired) electrons. The van der Waals surface area contributed by atoms with Crippen molar-refractivity contribution in [3.63, 3.8) is 0 Å². The van der Waals surface area contributed by atoms with Gasteiger partial charge in [0.25, 0.3) is 0 Å². The van der Waals surface area contributed by atoms with Crippen molar-refractivity contribution in [3.8, 4) is 5.75 Å². The standard InChI is InChI=1S/C14H13BrClNO2S/c1-8-14(11(18)7-15)20-13(17-8)6-9-5-10(16)3-4-12(9)19-2/h3-5H,6-7H2,1-2H3. The van der Waals surface area contributed by atoms with Crippen LogP contribution in [0.4, 0.5) is 0 Å². The number of benzene rings is 1. The number of aryl methyl sites for hydroxylation is 1. The van der Waals surface area contributed by atoms with E-state index in [1.165, 1.54) is 11.3 Å². The van der Waals surface area contributed by atoms with Crippen LogP contribution in [-0.2, 0) is 6.42 Å². The summed E-state index contributed by atoms with van der Waals surface area (Å²) in [4.78, 5) is 16.9. The SMILES string of the molecule is COc1ccc(Cl)cc1Cc1nc(C)c(C(=O)CBr)s1. The van der Waals surface area contributed by atoms with Gasteiger partial charge >= 0.3 is 0 Å². The number of Topliss-reactive ketones (excluding diaryl/α,β-unsaturated/α-hetero) is 1. The Morgan fingerprint density at radius 1 is 1.50 bits per heavy atom. The van der Waals surface area contributed by atoms with Gasteiger partial charge in [0, 0.05) is 17.0 Å². The van der Waals surface area contributed by atoms with Crippen molar-refractivity contribution in [1.29, 1.82) is 0 Å². The second-order valence-electron chi connectivity index (χ2n) is 4.21. The smallest absolute Gasteiger partial charge is 0.185 e. The summed E-state index contributed by atoms with van der Waals surface area (Å²) < 4.78 is 5.32. The predicted molar refractivity (Wildman–Crippen MR) is 85.8 cm³/mol. The summed E-state index contributed by atoms with van der Waals surface area (Å²) in [6.07, 6.45) is 0.602. The number of alkyl halides is 1. The molecular formula is C14H13BrClNO2S. The van der Waals surface area contributed by atoms with Crippen LogP contribution in [0.5, 0.6) is 5.75 Å². The third-order valence-electron chi connectivity index (χ3n) is 2.80. The highest BCUT2D eigenvalue weighted by Crippen LogP contribution is 2.28. The molecular weight excluding hydrogens is 362 g/mol.